The maximum atomic E-state index is 13.1. The van der Waals surface area contributed by atoms with Gasteiger partial charge in [-0.25, -0.2) is 17.5 Å². The maximum absolute atomic E-state index is 13.1. The van der Waals surface area contributed by atoms with Gasteiger partial charge in [-0.05, 0) is 49.2 Å². The first-order valence-corrected chi connectivity index (χ1v) is 8.62. The van der Waals surface area contributed by atoms with E-state index in [4.69, 9.17) is 0 Å². The van der Waals surface area contributed by atoms with Gasteiger partial charge in [0.25, 0.3) is 5.91 Å². The van der Waals surface area contributed by atoms with Crippen LogP contribution < -0.4 is 10.0 Å². The third-order valence-corrected chi connectivity index (χ3v) is 4.91. The summed E-state index contributed by atoms with van der Waals surface area (Å²) in [5.41, 5.74) is 0.493. The van der Waals surface area contributed by atoms with Crippen LogP contribution in [-0.4, -0.2) is 20.4 Å². The molecule has 7 heteroatoms. The van der Waals surface area contributed by atoms with E-state index in [0.29, 0.717) is 5.69 Å². The average Bonchev–Trinajstić information content (AvgIpc) is 3.31. The van der Waals surface area contributed by atoms with Crippen molar-refractivity contribution >= 4 is 21.6 Å². The minimum atomic E-state index is -3.62. The smallest absolute Gasteiger partial charge is 0.255 e. The Bertz CT molecular complexity index is 848. The van der Waals surface area contributed by atoms with Crippen LogP contribution in [0.25, 0.3) is 0 Å². The molecule has 1 aliphatic rings. The highest BCUT2D eigenvalue weighted by molar-refractivity contribution is 7.89. The van der Waals surface area contributed by atoms with Gasteiger partial charge >= 0.3 is 0 Å². The van der Waals surface area contributed by atoms with Crippen LogP contribution in [0, 0.1) is 5.82 Å². The van der Waals surface area contributed by atoms with E-state index in [0.717, 1.165) is 12.8 Å². The highest BCUT2D eigenvalue weighted by atomic mass is 32.2. The lowest BCUT2D eigenvalue weighted by Gasteiger charge is -2.08. The Hall–Kier alpha value is -2.25. The molecular formula is C16H15FN2O3S. The largest absolute Gasteiger partial charge is 0.322 e. The monoisotopic (exact) mass is 334 g/mol. The minimum absolute atomic E-state index is 0.00947. The summed E-state index contributed by atoms with van der Waals surface area (Å²) in [6.07, 6.45) is 1.66. The van der Waals surface area contributed by atoms with Gasteiger partial charge in [-0.2, -0.15) is 0 Å². The molecule has 0 bridgehead atoms. The van der Waals surface area contributed by atoms with Gasteiger partial charge < -0.3 is 5.32 Å². The number of carbonyl (C=O) groups is 1. The molecule has 0 unspecified atom stereocenters. The fourth-order valence-electron chi connectivity index (χ4n) is 2.06. The SMILES string of the molecule is O=C(Nc1cccc(F)c1)c1cccc(S(=O)(=O)NC2CC2)c1. The molecule has 1 amide bonds. The molecule has 0 aromatic heterocycles. The van der Waals surface area contributed by atoms with E-state index in [1.807, 2.05) is 0 Å². The number of anilines is 1. The zero-order valence-corrected chi connectivity index (χ0v) is 12.9. The van der Waals surface area contributed by atoms with Crippen LogP contribution in [-0.2, 0) is 10.0 Å². The van der Waals surface area contributed by atoms with E-state index in [9.17, 15) is 17.6 Å². The first kappa shape index (κ1) is 15.6. The molecular weight excluding hydrogens is 319 g/mol. The molecule has 5 nitrogen and oxygen atoms in total. The molecule has 2 aromatic carbocycles. The number of benzene rings is 2. The summed E-state index contributed by atoms with van der Waals surface area (Å²) in [6.45, 7) is 0. The van der Waals surface area contributed by atoms with Crippen molar-refractivity contribution in [2.24, 2.45) is 0 Å². The van der Waals surface area contributed by atoms with Gasteiger partial charge in [-0.15, -0.1) is 0 Å². The molecule has 23 heavy (non-hydrogen) atoms. The first-order chi connectivity index (χ1) is 10.9. The Morgan fingerprint density at radius 1 is 1.09 bits per heavy atom. The zero-order valence-electron chi connectivity index (χ0n) is 12.1. The van der Waals surface area contributed by atoms with Crippen molar-refractivity contribution in [1.82, 2.24) is 4.72 Å². The molecule has 0 spiro atoms. The van der Waals surface area contributed by atoms with Crippen LogP contribution in [0.1, 0.15) is 23.2 Å². The Labute approximate surface area is 133 Å². The third-order valence-electron chi connectivity index (χ3n) is 3.39. The summed E-state index contributed by atoms with van der Waals surface area (Å²) in [4.78, 5) is 12.2. The highest BCUT2D eigenvalue weighted by Crippen LogP contribution is 2.22. The van der Waals surface area contributed by atoms with Crippen molar-refractivity contribution in [2.45, 2.75) is 23.8 Å². The molecule has 3 rings (SSSR count). The normalized spacial score (nSPS) is 14.5. The summed E-state index contributed by atoms with van der Waals surface area (Å²) in [7, 11) is -3.62. The van der Waals surface area contributed by atoms with Crippen molar-refractivity contribution in [1.29, 1.82) is 0 Å². The van der Waals surface area contributed by atoms with Gasteiger partial charge in [0.15, 0.2) is 0 Å². The van der Waals surface area contributed by atoms with Crippen LogP contribution >= 0.6 is 0 Å². The molecule has 1 saturated carbocycles. The van der Waals surface area contributed by atoms with Crippen LogP contribution in [0.15, 0.2) is 53.4 Å². The van der Waals surface area contributed by atoms with E-state index in [1.54, 1.807) is 6.07 Å². The second kappa shape index (κ2) is 6.10. The van der Waals surface area contributed by atoms with E-state index >= 15 is 0 Å². The maximum Gasteiger partial charge on any atom is 0.255 e. The van der Waals surface area contributed by atoms with Crippen molar-refractivity contribution in [2.75, 3.05) is 5.32 Å². The summed E-state index contributed by atoms with van der Waals surface area (Å²) in [6, 6.07) is 11.2. The Morgan fingerprint density at radius 2 is 1.83 bits per heavy atom. The fraction of sp³-hybridized carbons (Fsp3) is 0.188. The minimum Gasteiger partial charge on any atom is -0.322 e. The standard InChI is InChI=1S/C16H15FN2O3S/c17-12-4-2-5-14(10-12)18-16(20)11-3-1-6-15(9-11)23(21,22)19-13-7-8-13/h1-6,9-10,13,19H,7-8H2,(H,18,20). The number of sulfonamides is 1. The summed E-state index contributed by atoms with van der Waals surface area (Å²) in [5.74, 6) is -0.966. The second-order valence-electron chi connectivity index (χ2n) is 5.39. The van der Waals surface area contributed by atoms with Crippen LogP contribution in [0.3, 0.4) is 0 Å². The fourth-order valence-corrected chi connectivity index (χ4v) is 3.41. The van der Waals surface area contributed by atoms with Gasteiger partial charge in [0, 0.05) is 17.3 Å². The van der Waals surface area contributed by atoms with Crippen LogP contribution in [0.4, 0.5) is 10.1 Å². The zero-order chi connectivity index (χ0) is 16.4. The van der Waals surface area contributed by atoms with Crippen molar-refractivity contribution < 1.29 is 17.6 Å². The van der Waals surface area contributed by atoms with Gasteiger partial charge in [0.05, 0.1) is 4.90 Å². The predicted molar refractivity (Wildman–Crippen MR) is 84.1 cm³/mol. The number of halogens is 1. The Morgan fingerprint density at radius 3 is 2.52 bits per heavy atom. The number of hydrogen-bond donors (Lipinski definition) is 2. The molecule has 2 aromatic rings. The average molecular weight is 334 g/mol. The van der Waals surface area contributed by atoms with Crippen LogP contribution in [0.5, 0.6) is 0 Å². The lowest BCUT2D eigenvalue weighted by Crippen LogP contribution is -2.26. The summed E-state index contributed by atoms with van der Waals surface area (Å²) in [5, 5.41) is 2.54. The van der Waals surface area contributed by atoms with E-state index < -0.39 is 21.7 Å². The Kier molecular flexibility index (Phi) is 4.14. The molecule has 120 valence electrons. The second-order valence-corrected chi connectivity index (χ2v) is 7.10. The highest BCUT2D eigenvalue weighted by Gasteiger charge is 2.28. The van der Waals surface area contributed by atoms with Crippen LogP contribution in [0.2, 0.25) is 0 Å². The summed E-state index contributed by atoms with van der Waals surface area (Å²) < 4.78 is 40.0. The Balaban J connectivity index is 1.80. The summed E-state index contributed by atoms with van der Waals surface area (Å²) >= 11 is 0. The van der Waals surface area contributed by atoms with E-state index in [2.05, 4.69) is 10.0 Å². The van der Waals surface area contributed by atoms with Crippen molar-refractivity contribution in [3.8, 4) is 0 Å². The van der Waals surface area contributed by atoms with Crippen molar-refractivity contribution in [3.63, 3.8) is 0 Å². The number of amides is 1. The molecule has 0 atom stereocenters. The van der Waals surface area contributed by atoms with Gasteiger partial charge in [-0.1, -0.05) is 12.1 Å². The molecule has 2 N–H and O–H groups in total. The molecule has 0 heterocycles. The molecule has 1 fully saturated rings. The number of carbonyl (C=O) groups excluding carboxylic acids is 1. The van der Waals surface area contributed by atoms with Gasteiger partial charge in [-0.3, -0.25) is 4.79 Å². The number of nitrogens with one attached hydrogen (secondary N) is 2. The number of hydrogen-bond acceptors (Lipinski definition) is 3. The van der Waals surface area contributed by atoms with E-state index in [-0.39, 0.29) is 16.5 Å². The third kappa shape index (κ3) is 3.94. The molecule has 1 aliphatic carbocycles. The predicted octanol–water partition coefficient (Wildman–Crippen LogP) is 2.52. The molecule has 0 radical (unpaired) electrons. The van der Waals surface area contributed by atoms with Crippen molar-refractivity contribution in [3.05, 3.63) is 59.9 Å². The van der Waals surface area contributed by atoms with E-state index in [1.165, 1.54) is 42.5 Å². The quantitative estimate of drug-likeness (QED) is 0.882. The van der Waals surface area contributed by atoms with Gasteiger partial charge in [0.1, 0.15) is 5.82 Å². The molecule has 0 aliphatic heterocycles. The topological polar surface area (TPSA) is 75.3 Å². The number of rotatable bonds is 5. The molecule has 0 saturated heterocycles. The van der Waals surface area contributed by atoms with Gasteiger partial charge in [0.2, 0.25) is 10.0 Å². The first-order valence-electron chi connectivity index (χ1n) is 7.13. The lowest BCUT2D eigenvalue weighted by molar-refractivity contribution is 0.102. The lowest BCUT2D eigenvalue weighted by atomic mass is 10.2.